The highest BCUT2D eigenvalue weighted by Crippen LogP contribution is 2.41. The van der Waals surface area contributed by atoms with E-state index in [1.54, 1.807) is 17.2 Å². The number of hydrogen-bond donors (Lipinski definition) is 4. The molecule has 1 aliphatic heterocycles. The van der Waals surface area contributed by atoms with E-state index in [1.165, 1.54) is 0 Å². The number of benzene rings is 2. The van der Waals surface area contributed by atoms with Crippen molar-refractivity contribution in [3.05, 3.63) is 95.8 Å². The van der Waals surface area contributed by atoms with Crippen LogP contribution in [-0.4, -0.2) is 88.5 Å². The van der Waals surface area contributed by atoms with Crippen molar-refractivity contribution in [2.45, 2.75) is 45.8 Å². The largest absolute Gasteiger partial charge is 0.387 e. The molecule has 3 aromatic rings. The van der Waals surface area contributed by atoms with Crippen molar-refractivity contribution in [3.63, 3.8) is 0 Å². The summed E-state index contributed by atoms with van der Waals surface area (Å²) in [6, 6.07) is 13.7. The van der Waals surface area contributed by atoms with Crippen LogP contribution in [0.1, 0.15) is 44.5 Å². The van der Waals surface area contributed by atoms with Gasteiger partial charge >= 0.3 is 0 Å². The van der Waals surface area contributed by atoms with Gasteiger partial charge in [-0.2, -0.15) is 0 Å². The normalized spacial score (nSPS) is 14.3. The molecule has 4 rings (SSSR count). The summed E-state index contributed by atoms with van der Waals surface area (Å²) in [6.45, 7) is 6.40. The third kappa shape index (κ3) is 9.91. The highest BCUT2D eigenvalue weighted by molar-refractivity contribution is 6.14. The SMILES string of the molecule is CC(C)(C)[C@H](c1cc(-c2cc(F)ccc2F)cn1Cc1ccccc1)N(CC[C@H](N)CNCCNC(=O)CN1C(=O)C=CC1=O)C(=O)CO. The van der Waals surface area contributed by atoms with Gasteiger partial charge in [0.2, 0.25) is 11.8 Å². The molecule has 262 valence electrons. The van der Waals surface area contributed by atoms with Crippen LogP contribution in [0.5, 0.6) is 0 Å². The van der Waals surface area contributed by atoms with E-state index in [9.17, 15) is 33.1 Å². The molecule has 0 radical (unpaired) electrons. The van der Waals surface area contributed by atoms with Crippen LogP contribution in [0.15, 0.2) is 72.9 Å². The van der Waals surface area contributed by atoms with Crippen molar-refractivity contribution in [1.29, 1.82) is 0 Å². The first-order valence-corrected chi connectivity index (χ1v) is 16.1. The van der Waals surface area contributed by atoms with Gasteiger partial charge in [0.05, 0.1) is 6.04 Å². The summed E-state index contributed by atoms with van der Waals surface area (Å²) in [5.41, 5.74) is 8.07. The lowest BCUT2D eigenvalue weighted by molar-refractivity contribution is -0.141. The zero-order valence-corrected chi connectivity index (χ0v) is 28.0. The second-order valence-electron chi connectivity index (χ2n) is 13.1. The highest BCUT2D eigenvalue weighted by atomic mass is 19.1. The smallest absolute Gasteiger partial charge is 0.254 e. The molecule has 0 saturated carbocycles. The van der Waals surface area contributed by atoms with Crippen molar-refractivity contribution in [3.8, 4) is 11.1 Å². The lowest BCUT2D eigenvalue weighted by Gasteiger charge is -2.41. The Morgan fingerprint density at radius 3 is 2.35 bits per heavy atom. The van der Waals surface area contributed by atoms with Gasteiger partial charge in [-0.05, 0) is 41.7 Å². The molecule has 13 heteroatoms. The average Bonchev–Trinajstić information content (AvgIpc) is 3.60. The number of carbonyl (C=O) groups is 4. The fraction of sp³-hybridized carbons (Fsp3) is 0.389. The van der Waals surface area contributed by atoms with E-state index in [0.717, 1.165) is 40.8 Å². The average molecular weight is 679 g/mol. The number of amides is 4. The zero-order valence-electron chi connectivity index (χ0n) is 28.0. The monoisotopic (exact) mass is 678 g/mol. The van der Waals surface area contributed by atoms with Crippen molar-refractivity contribution in [2.75, 3.05) is 39.3 Å². The number of nitrogens with two attached hydrogens (primary N) is 1. The summed E-state index contributed by atoms with van der Waals surface area (Å²) in [6.07, 6.45) is 4.36. The molecule has 2 atom stereocenters. The minimum absolute atomic E-state index is 0.0973. The van der Waals surface area contributed by atoms with Crippen LogP contribution in [0.2, 0.25) is 0 Å². The summed E-state index contributed by atoms with van der Waals surface area (Å²) >= 11 is 0. The number of imide groups is 1. The maximum Gasteiger partial charge on any atom is 0.254 e. The molecule has 4 amide bonds. The van der Waals surface area contributed by atoms with Crippen molar-refractivity contribution in [1.82, 2.24) is 25.0 Å². The summed E-state index contributed by atoms with van der Waals surface area (Å²) in [4.78, 5) is 51.2. The molecule has 49 heavy (non-hydrogen) atoms. The van der Waals surface area contributed by atoms with E-state index in [0.29, 0.717) is 37.3 Å². The second-order valence-corrected chi connectivity index (χ2v) is 13.1. The summed E-state index contributed by atoms with van der Waals surface area (Å²) < 4.78 is 31.1. The van der Waals surface area contributed by atoms with E-state index in [4.69, 9.17) is 5.73 Å². The number of hydrogen-bond acceptors (Lipinski definition) is 7. The molecule has 1 aliphatic rings. The number of aliphatic hydroxyl groups excluding tert-OH is 1. The number of nitrogens with zero attached hydrogens (tertiary/aromatic N) is 3. The molecule has 5 N–H and O–H groups in total. The lowest BCUT2D eigenvalue weighted by atomic mass is 9.82. The van der Waals surface area contributed by atoms with E-state index in [-0.39, 0.29) is 25.2 Å². The molecule has 2 heterocycles. The Balaban J connectivity index is 1.47. The van der Waals surface area contributed by atoms with Crippen LogP contribution >= 0.6 is 0 Å². The maximum atomic E-state index is 15.0. The van der Waals surface area contributed by atoms with Crippen LogP contribution in [-0.2, 0) is 25.7 Å². The highest BCUT2D eigenvalue weighted by Gasteiger charge is 2.37. The topological polar surface area (TPSA) is 150 Å². The van der Waals surface area contributed by atoms with Crippen LogP contribution in [0.3, 0.4) is 0 Å². The minimum Gasteiger partial charge on any atom is -0.387 e. The second kappa shape index (κ2) is 16.6. The molecule has 0 saturated heterocycles. The van der Waals surface area contributed by atoms with Gasteiger partial charge in [0.25, 0.3) is 11.8 Å². The van der Waals surface area contributed by atoms with Gasteiger partial charge in [-0.15, -0.1) is 0 Å². The van der Waals surface area contributed by atoms with Gasteiger partial charge in [-0.3, -0.25) is 24.1 Å². The van der Waals surface area contributed by atoms with Crippen LogP contribution in [0, 0.1) is 17.0 Å². The minimum atomic E-state index is -0.727. The standard InChI is InChI=1S/C36H44F2N6O5/c1-36(2,3)35(30-17-25(28-18-26(37)9-10-29(28)38)21-42(30)20-24-7-5-4-6-8-24)43(34(49)23-45)16-13-27(39)19-40-14-15-41-31(46)22-44-32(47)11-12-33(44)48/h4-12,17-18,21,27,35,40,45H,13-16,19-20,22-23,39H2,1-3H3,(H,41,46)/t27-,35-/m0/s1. The number of rotatable bonds is 16. The van der Waals surface area contributed by atoms with Crippen molar-refractivity contribution >= 4 is 23.6 Å². The summed E-state index contributed by atoms with van der Waals surface area (Å²) in [5.74, 6) is -3.18. The molecule has 0 unspecified atom stereocenters. The van der Waals surface area contributed by atoms with Crippen LogP contribution < -0.4 is 16.4 Å². The van der Waals surface area contributed by atoms with Gasteiger partial charge in [0.15, 0.2) is 0 Å². The molecule has 0 spiro atoms. The molecule has 2 aromatic carbocycles. The quantitative estimate of drug-likeness (QED) is 0.135. The van der Waals surface area contributed by atoms with Crippen molar-refractivity contribution < 1.29 is 33.1 Å². The van der Waals surface area contributed by atoms with E-state index >= 15 is 0 Å². The predicted molar refractivity (Wildman–Crippen MR) is 181 cm³/mol. The van der Waals surface area contributed by atoms with E-state index < -0.39 is 59.4 Å². The molecular weight excluding hydrogens is 634 g/mol. The Labute approximate surface area is 284 Å². The molecular formula is C36H44F2N6O5. The van der Waals surface area contributed by atoms with Crippen LogP contribution in [0.4, 0.5) is 8.78 Å². The first-order valence-electron chi connectivity index (χ1n) is 16.1. The molecule has 0 bridgehead atoms. The van der Waals surface area contributed by atoms with Gasteiger partial charge < -0.3 is 30.9 Å². The van der Waals surface area contributed by atoms with E-state index in [1.807, 2.05) is 55.7 Å². The first-order chi connectivity index (χ1) is 23.3. The molecule has 1 aromatic heterocycles. The Kier molecular flexibility index (Phi) is 12.6. The molecule has 11 nitrogen and oxygen atoms in total. The number of halogens is 2. The third-order valence-corrected chi connectivity index (χ3v) is 8.21. The Bertz CT molecular complexity index is 1650. The maximum absolute atomic E-state index is 15.0. The third-order valence-electron chi connectivity index (χ3n) is 8.21. The van der Waals surface area contributed by atoms with Gasteiger partial charge in [-0.25, -0.2) is 8.78 Å². The summed E-state index contributed by atoms with van der Waals surface area (Å²) in [5, 5.41) is 15.8. The van der Waals surface area contributed by atoms with Crippen LogP contribution in [0.25, 0.3) is 11.1 Å². The van der Waals surface area contributed by atoms with E-state index in [2.05, 4.69) is 10.6 Å². The molecule has 0 fully saturated rings. The summed E-state index contributed by atoms with van der Waals surface area (Å²) in [7, 11) is 0. The number of aliphatic hydroxyl groups is 1. The fourth-order valence-corrected chi connectivity index (χ4v) is 5.87. The van der Waals surface area contributed by atoms with Gasteiger partial charge in [0.1, 0.15) is 24.8 Å². The van der Waals surface area contributed by atoms with Gasteiger partial charge in [0, 0.05) is 73.9 Å². The fourth-order valence-electron chi connectivity index (χ4n) is 5.87. The number of aromatic nitrogens is 1. The van der Waals surface area contributed by atoms with Gasteiger partial charge in [-0.1, -0.05) is 51.1 Å². The Morgan fingerprint density at radius 2 is 1.69 bits per heavy atom. The lowest BCUT2D eigenvalue weighted by Crippen LogP contribution is -2.46. The predicted octanol–water partition coefficient (Wildman–Crippen LogP) is 2.74. The number of nitrogens with one attached hydrogen (secondary N) is 2. The zero-order chi connectivity index (χ0) is 35.7. The first kappa shape index (κ1) is 37.1. The van der Waals surface area contributed by atoms with Crippen molar-refractivity contribution in [2.24, 2.45) is 11.1 Å². The number of carbonyl (C=O) groups excluding carboxylic acids is 4. The Morgan fingerprint density at radius 1 is 1.00 bits per heavy atom. The Hall–Kier alpha value is -4.72. The molecule has 0 aliphatic carbocycles.